The average Bonchev–Trinajstić information content (AvgIpc) is 2.46. The number of carbonyl (C=O) groups is 1. The van der Waals surface area contributed by atoms with Gasteiger partial charge in [-0.3, -0.25) is 9.78 Å². The van der Waals surface area contributed by atoms with Crippen molar-refractivity contribution in [3.63, 3.8) is 0 Å². The van der Waals surface area contributed by atoms with Crippen molar-refractivity contribution >= 4 is 11.6 Å². The molecule has 0 bridgehead atoms. The van der Waals surface area contributed by atoms with Gasteiger partial charge in [-0.25, -0.2) is 0 Å². The number of ether oxygens (including phenoxy) is 1. The second-order valence-corrected chi connectivity index (χ2v) is 5.13. The van der Waals surface area contributed by atoms with Crippen molar-refractivity contribution in [1.82, 2.24) is 4.98 Å². The Labute approximate surface area is 118 Å². The van der Waals surface area contributed by atoms with Crippen LogP contribution in [-0.4, -0.2) is 36.2 Å². The van der Waals surface area contributed by atoms with Gasteiger partial charge >= 0.3 is 0 Å². The Morgan fingerprint density at radius 2 is 2.15 bits per heavy atom. The fourth-order valence-corrected chi connectivity index (χ4v) is 2.35. The minimum Gasteiger partial charge on any atom is -0.383 e. The standard InChI is InChI=1S/C14H22N4O2/c15-10-1-3-12(4-2-10)20-8-7-17-11-5-6-18-13(9-11)14(16)19/h5-6,9-10,12H,1-4,7-8,15H2,(H2,16,19)(H,17,18). The number of carbonyl (C=O) groups excluding carboxylic acids is 1. The molecule has 1 aromatic heterocycles. The number of nitrogens with one attached hydrogen (secondary N) is 1. The first-order valence-electron chi connectivity index (χ1n) is 7.02. The van der Waals surface area contributed by atoms with E-state index in [9.17, 15) is 4.79 Å². The molecule has 1 saturated carbocycles. The number of anilines is 1. The molecular formula is C14H22N4O2. The molecule has 0 saturated heterocycles. The van der Waals surface area contributed by atoms with Crippen LogP contribution in [0.25, 0.3) is 0 Å². The molecule has 1 aliphatic rings. The summed E-state index contributed by atoms with van der Waals surface area (Å²) >= 11 is 0. The molecule has 0 spiro atoms. The van der Waals surface area contributed by atoms with Gasteiger partial charge in [-0.05, 0) is 37.8 Å². The van der Waals surface area contributed by atoms with E-state index >= 15 is 0 Å². The third-order valence-electron chi connectivity index (χ3n) is 3.52. The van der Waals surface area contributed by atoms with E-state index in [-0.39, 0.29) is 5.69 Å². The van der Waals surface area contributed by atoms with Gasteiger partial charge in [0.25, 0.3) is 5.91 Å². The monoisotopic (exact) mass is 278 g/mol. The lowest BCUT2D eigenvalue weighted by Gasteiger charge is -2.26. The van der Waals surface area contributed by atoms with Crippen LogP contribution in [0.2, 0.25) is 0 Å². The third kappa shape index (κ3) is 4.47. The summed E-state index contributed by atoms with van der Waals surface area (Å²) in [6.07, 6.45) is 6.07. The summed E-state index contributed by atoms with van der Waals surface area (Å²) in [5, 5.41) is 3.19. The molecule has 5 N–H and O–H groups in total. The van der Waals surface area contributed by atoms with Gasteiger partial charge in [0.05, 0.1) is 12.7 Å². The first kappa shape index (κ1) is 14.7. The van der Waals surface area contributed by atoms with Crippen LogP contribution < -0.4 is 16.8 Å². The molecule has 2 rings (SSSR count). The van der Waals surface area contributed by atoms with Crippen molar-refractivity contribution in [1.29, 1.82) is 0 Å². The number of pyridine rings is 1. The third-order valence-corrected chi connectivity index (χ3v) is 3.52. The lowest BCUT2D eigenvalue weighted by Crippen LogP contribution is -2.31. The maximum Gasteiger partial charge on any atom is 0.267 e. The Kier molecular flexibility index (Phi) is 5.31. The van der Waals surface area contributed by atoms with E-state index in [0.29, 0.717) is 25.3 Å². The van der Waals surface area contributed by atoms with E-state index in [0.717, 1.165) is 31.4 Å². The van der Waals surface area contributed by atoms with E-state index in [1.54, 1.807) is 18.3 Å². The molecule has 0 atom stereocenters. The molecule has 1 fully saturated rings. The van der Waals surface area contributed by atoms with Crippen LogP contribution in [0.4, 0.5) is 5.69 Å². The quantitative estimate of drug-likeness (QED) is 0.670. The topological polar surface area (TPSA) is 103 Å². The van der Waals surface area contributed by atoms with Crippen LogP contribution >= 0.6 is 0 Å². The van der Waals surface area contributed by atoms with Crippen LogP contribution in [0.15, 0.2) is 18.3 Å². The minimum absolute atomic E-state index is 0.261. The molecule has 1 heterocycles. The highest BCUT2D eigenvalue weighted by atomic mass is 16.5. The van der Waals surface area contributed by atoms with E-state index in [4.69, 9.17) is 16.2 Å². The van der Waals surface area contributed by atoms with Crippen molar-refractivity contribution < 1.29 is 9.53 Å². The Morgan fingerprint density at radius 1 is 1.40 bits per heavy atom. The van der Waals surface area contributed by atoms with Crippen molar-refractivity contribution in [3.05, 3.63) is 24.0 Å². The van der Waals surface area contributed by atoms with Crippen LogP contribution in [-0.2, 0) is 4.74 Å². The predicted molar refractivity (Wildman–Crippen MR) is 77.4 cm³/mol. The number of nitrogens with zero attached hydrogens (tertiary/aromatic N) is 1. The van der Waals surface area contributed by atoms with Gasteiger partial charge in [0.15, 0.2) is 0 Å². The van der Waals surface area contributed by atoms with Gasteiger partial charge in [0.2, 0.25) is 0 Å². The molecule has 20 heavy (non-hydrogen) atoms. The van der Waals surface area contributed by atoms with E-state index < -0.39 is 5.91 Å². The summed E-state index contributed by atoms with van der Waals surface area (Å²) in [6, 6.07) is 3.78. The highest BCUT2D eigenvalue weighted by Gasteiger charge is 2.18. The second kappa shape index (κ2) is 7.21. The fourth-order valence-electron chi connectivity index (χ4n) is 2.35. The zero-order valence-electron chi connectivity index (χ0n) is 11.5. The fraction of sp³-hybridized carbons (Fsp3) is 0.571. The molecule has 1 amide bonds. The summed E-state index contributed by atoms with van der Waals surface area (Å²) in [5.41, 5.74) is 12.1. The summed E-state index contributed by atoms with van der Waals surface area (Å²) in [6.45, 7) is 1.32. The average molecular weight is 278 g/mol. The van der Waals surface area contributed by atoms with E-state index in [1.165, 1.54) is 0 Å². The second-order valence-electron chi connectivity index (χ2n) is 5.13. The highest BCUT2D eigenvalue weighted by Crippen LogP contribution is 2.19. The largest absolute Gasteiger partial charge is 0.383 e. The van der Waals surface area contributed by atoms with Crippen molar-refractivity contribution in [2.24, 2.45) is 11.5 Å². The summed E-state index contributed by atoms with van der Waals surface area (Å²) in [4.78, 5) is 14.9. The molecule has 110 valence electrons. The predicted octanol–water partition coefficient (Wildman–Crippen LogP) is 0.879. The molecule has 6 nitrogen and oxygen atoms in total. The van der Waals surface area contributed by atoms with Crippen molar-refractivity contribution in [2.75, 3.05) is 18.5 Å². The van der Waals surface area contributed by atoms with Gasteiger partial charge in [-0.15, -0.1) is 0 Å². The normalized spacial score (nSPS) is 22.4. The van der Waals surface area contributed by atoms with Gasteiger partial charge in [-0.2, -0.15) is 0 Å². The van der Waals surface area contributed by atoms with Gasteiger partial charge in [0, 0.05) is 24.5 Å². The van der Waals surface area contributed by atoms with Gasteiger partial charge in [0.1, 0.15) is 5.69 Å². The molecule has 6 heteroatoms. The zero-order chi connectivity index (χ0) is 14.4. The van der Waals surface area contributed by atoms with Crippen LogP contribution in [0.3, 0.4) is 0 Å². The SMILES string of the molecule is NC(=O)c1cc(NCCOC2CCC(N)CC2)ccn1. The zero-order valence-corrected chi connectivity index (χ0v) is 11.5. The van der Waals surface area contributed by atoms with Crippen LogP contribution in [0, 0.1) is 0 Å². The molecule has 0 aromatic carbocycles. The van der Waals surface area contributed by atoms with Crippen LogP contribution in [0.1, 0.15) is 36.2 Å². The molecule has 0 aliphatic heterocycles. The Morgan fingerprint density at radius 3 is 2.85 bits per heavy atom. The van der Waals surface area contributed by atoms with Crippen molar-refractivity contribution in [3.8, 4) is 0 Å². The van der Waals surface area contributed by atoms with E-state index in [2.05, 4.69) is 10.3 Å². The Balaban J connectivity index is 1.68. The maximum absolute atomic E-state index is 11.0. The minimum atomic E-state index is -0.525. The first-order valence-corrected chi connectivity index (χ1v) is 7.02. The molecule has 0 unspecified atom stereocenters. The summed E-state index contributed by atoms with van der Waals surface area (Å²) < 4.78 is 5.81. The highest BCUT2D eigenvalue weighted by molar-refractivity contribution is 5.91. The number of hydrogen-bond acceptors (Lipinski definition) is 5. The Bertz CT molecular complexity index is 445. The molecule has 1 aromatic rings. The van der Waals surface area contributed by atoms with Crippen molar-refractivity contribution in [2.45, 2.75) is 37.8 Å². The number of rotatable bonds is 6. The summed E-state index contributed by atoms with van der Waals surface area (Å²) in [7, 11) is 0. The van der Waals surface area contributed by atoms with Crippen LogP contribution in [0.5, 0.6) is 0 Å². The molecular weight excluding hydrogens is 256 g/mol. The first-order chi connectivity index (χ1) is 9.65. The molecule has 0 radical (unpaired) electrons. The lowest BCUT2D eigenvalue weighted by molar-refractivity contribution is 0.0313. The van der Waals surface area contributed by atoms with Gasteiger partial charge < -0.3 is 21.5 Å². The molecule has 1 aliphatic carbocycles. The Hall–Kier alpha value is -1.66. The number of primary amides is 1. The smallest absolute Gasteiger partial charge is 0.267 e. The number of hydrogen-bond donors (Lipinski definition) is 3. The number of nitrogens with two attached hydrogens (primary N) is 2. The maximum atomic E-state index is 11.0. The summed E-state index contributed by atoms with van der Waals surface area (Å²) in [5.74, 6) is -0.525. The number of amides is 1. The lowest BCUT2D eigenvalue weighted by atomic mass is 9.94. The van der Waals surface area contributed by atoms with Gasteiger partial charge in [-0.1, -0.05) is 0 Å². The van der Waals surface area contributed by atoms with E-state index in [1.807, 2.05) is 0 Å². The number of aromatic nitrogens is 1.